The predicted octanol–water partition coefficient (Wildman–Crippen LogP) is 4.34. The standard InChI is InChI=1S/C19H15FN2O3/c20-14-5-6-17-13(9-14)10-18(21-17)19(23)22(11-15-3-1-7-24-15)12-16-4-2-8-25-16/h1-10,21H,11-12H2. The minimum Gasteiger partial charge on any atom is -0.467 e. The fourth-order valence-corrected chi connectivity index (χ4v) is 2.77. The van der Waals surface area contributed by atoms with Gasteiger partial charge in [0.25, 0.3) is 5.91 Å². The number of halogens is 1. The van der Waals surface area contributed by atoms with Crippen LogP contribution >= 0.6 is 0 Å². The Morgan fingerprint density at radius 1 is 1.00 bits per heavy atom. The Labute approximate surface area is 142 Å². The van der Waals surface area contributed by atoms with E-state index in [1.54, 1.807) is 41.7 Å². The van der Waals surface area contributed by atoms with Crippen LogP contribution in [-0.4, -0.2) is 15.8 Å². The molecule has 0 atom stereocenters. The van der Waals surface area contributed by atoms with Crippen molar-refractivity contribution < 1.29 is 18.0 Å². The Bertz CT molecular complexity index is 951. The van der Waals surface area contributed by atoms with E-state index in [-0.39, 0.29) is 11.7 Å². The zero-order chi connectivity index (χ0) is 17.2. The molecule has 5 nitrogen and oxygen atoms in total. The number of rotatable bonds is 5. The maximum atomic E-state index is 13.4. The second-order valence-corrected chi connectivity index (χ2v) is 5.73. The molecule has 0 spiro atoms. The Kier molecular flexibility index (Phi) is 3.85. The first-order valence-corrected chi connectivity index (χ1v) is 7.81. The number of carbonyl (C=O) groups excluding carboxylic acids is 1. The van der Waals surface area contributed by atoms with Gasteiger partial charge in [0.1, 0.15) is 23.0 Å². The maximum Gasteiger partial charge on any atom is 0.271 e. The molecule has 3 heterocycles. The van der Waals surface area contributed by atoms with E-state index in [9.17, 15) is 9.18 Å². The van der Waals surface area contributed by atoms with Crippen LogP contribution in [0.15, 0.2) is 69.9 Å². The van der Waals surface area contributed by atoms with Crippen molar-refractivity contribution in [1.29, 1.82) is 0 Å². The third-order valence-corrected chi connectivity index (χ3v) is 3.95. The van der Waals surface area contributed by atoms with E-state index in [4.69, 9.17) is 8.83 Å². The van der Waals surface area contributed by atoms with Crippen LogP contribution < -0.4 is 0 Å². The lowest BCUT2D eigenvalue weighted by Gasteiger charge is -2.19. The summed E-state index contributed by atoms with van der Waals surface area (Å²) >= 11 is 0. The zero-order valence-corrected chi connectivity index (χ0v) is 13.2. The highest BCUT2D eigenvalue weighted by Crippen LogP contribution is 2.20. The quantitative estimate of drug-likeness (QED) is 0.589. The first kappa shape index (κ1) is 15.3. The molecule has 4 aromatic rings. The Morgan fingerprint density at radius 3 is 2.28 bits per heavy atom. The molecule has 0 radical (unpaired) electrons. The Hall–Kier alpha value is -3.28. The van der Waals surface area contributed by atoms with Crippen LogP contribution in [0, 0.1) is 5.82 Å². The SMILES string of the molecule is O=C(c1cc2cc(F)ccc2[nH]1)N(Cc1ccco1)Cc1ccco1. The minimum absolute atomic E-state index is 0.218. The van der Waals surface area contributed by atoms with Gasteiger partial charge in [-0.3, -0.25) is 4.79 Å². The lowest BCUT2D eigenvalue weighted by molar-refractivity contribution is 0.0700. The Morgan fingerprint density at radius 2 is 1.68 bits per heavy atom. The van der Waals surface area contributed by atoms with E-state index in [0.29, 0.717) is 41.2 Å². The lowest BCUT2D eigenvalue weighted by Crippen LogP contribution is -2.30. The number of furan rings is 2. The highest BCUT2D eigenvalue weighted by Gasteiger charge is 2.20. The smallest absolute Gasteiger partial charge is 0.271 e. The van der Waals surface area contributed by atoms with Crippen LogP contribution in [0.1, 0.15) is 22.0 Å². The molecule has 0 saturated carbocycles. The molecule has 1 N–H and O–H groups in total. The molecule has 25 heavy (non-hydrogen) atoms. The van der Waals surface area contributed by atoms with Gasteiger partial charge in [-0.2, -0.15) is 0 Å². The molecule has 0 saturated heterocycles. The normalized spacial score (nSPS) is 11.1. The second-order valence-electron chi connectivity index (χ2n) is 5.73. The number of benzene rings is 1. The van der Waals surface area contributed by atoms with E-state index in [2.05, 4.69) is 4.98 Å². The van der Waals surface area contributed by atoms with E-state index in [1.807, 2.05) is 12.1 Å². The predicted molar refractivity (Wildman–Crippen MR) is 89.3 cm³/mol. The summed E-state index contributed by atoms with van der Waals surface area (Å²) in [6, 6.07) is 13.2. The molecule has 1 aromatic carbocycles. The van der Waals surface area contributed by atoms with Gasteiger partial charge in [0, 0.05) is 10.9 Å². The largest absolute Gasteiger partial charge is 0.467 e. The number of nitrogens with zero attached hydrogens (tertiary/aromatic N) is 1. The maximum absolute atomic E-state index is 13.4. The van der Waals surface area contributed by atoms with Crippen LogP contribution in [0.4, 0.5) is 4.39 Å². The van der Waals surface area contributed by atoms with Crippen molar-refractivity contribution in [3.05, 3.63) is 84.1 Å². The molecule has 0 aliphatic rings. The number of hydrogen-bond donors (Lipinski definition) is 1. The summed E-state index contributed by atoms with van der Waals surface area (Å²) < 4.78 is 24.1. The molecule has 6 heteroatoms. The molecule has 126 valence electrons. The number of fused-ring (bicyclic) bond motifs is 1. The first-order valence-electron chi connectivity index (χ1n) is 7.81. The van der Waals surface area contributed by atoms with Crippen molar-refractivity contribution in [2.24, 2.45) is 0 Å². The van der Waals surface area contributed by atoms with Crippen molar-refractivity contribution >= 4 is 16.8 Å². The van der Waals surface area contributed by atoms with Gasteiger partial charge in [0.05, 0.1) is 25.6 Å². The molecule has 3 aromatic heterocycles. The van der Waals surface area contributed by atoms with Gasteiger partial charge in [-0.25, -0.2) is 4.39 Å². The van der Waals surface area contributed by atoms with Crippen LogP contribution in [-0.2, 0) is 13.1 Å². The van der Waals surface area contributed by atoms with Gasteiger partial charge >= 0.3 is 0 Å². The van der Waals surface area contributed by atoms with Crippen LogP contribution in [0.25, 0.3) is 10.9 Å². The second kappa shape index (κ2) is 6.32. The molecule has 0 fully saturated rings. The average molecular weight is 338 g/mol. The monoisotopic (exact) mass is 338 g/mol. The third-order valence-electron chi connectivity index (χ3n) is 3.95. The van der Waals surface area contributed by atoms with Crippen molar-refractivity contribution in [2.45, 2.75) is 13.1 Å². The number of carbonyl (C=O) groups is 1. The molecule has 0 aliphatic carbocycles. The molecule has 0 unspecified atom stereocenters. The van der Waals surface area contributed by atoms with E-state index in [1.165, 1.54) is 12.1 Å². The Balaban J connectivity index is 1.65. The summed E-state index contributed by atoms with van der Waals surface area (Å²) in [7, 11) is 0. The van der Waals surface area contributed by atoms with Gasteiger partial charge in [-0.1, -0.05) is 0 Å². The first-order chi connectivity index (χ1) is 12.2. The third kappa shape index (κ3) is 3.19. The summed E-state index contributed by atoms with van der Waals surface area (Å²) in [5, 5.41) is 0.652. The van der Waals surface area contributed by atoms with E-state index in [0.717, 1.165) is 0 Å². The van der Waals surface area contributed by atoms with Crippen molar-refractivity contribution in [3.8, 4) is 0 Å². The van der Waals surface area contributed by atoms with Gasteiger partial charge in [-0.05, 0) is 48.5 Å². The fraction of sp³-hybridized carbons (Fsp3) is 0.105. The number of aromatic nitrogens is 1. The van der Waals surface area contributed by atoms with Crippen molar-refractivity contribution in [3.63, 3.8) is 0 Å². The highest BCUT2D eigenvalue weighted by molar-refractivity contribution is 5.98. The topological polar surface area (TPSA) is 62.4 Å². The summed E-state index contributed by atoms with van der Waals surface area (Å²) in [4.78, 5) is 17.6. The van der Waals surface area contributed by atoms with E-state index < -0.39 is 0 Å². The molecular weight excluding hydrogens is 323 g/mol. The molecule has 1 amide bonds. The molecule has 4 rings (SSSR count). The fourth-order valence-electron chi connectivity index (χ4n) is 2.77. The minimum atomic E-state index is -0.339. The summed E-state index contributed by atoms with van der Waals surface area (Å²) in [5.41, 5.74) is 1.10. The molecule has 0 bridgehead atoms. The summed E-state index contributed by atoms with van der Waals surface area (Å²) in [5.74, 6) is 0.780. The van der Waals surface area contributed by atoms with Crippen LogP contribution in [0.5, 0.6) is 0 Å². The van der Waals surface area contributed by atoms with Crippen molar-refractivity contribution in [1.82, 2.24) is 9.88 Å². The number of H-pyrrole nitrogens is 1. The van der Waals surface area contributed by atoms with Gasteiger partial charge < -0.3 is 18.7 Å². The molecule has 0 aliphatic heterocycles. The number of hydrogen-bond acceptors (Lipinski definition) is 3. The number of aromatic amines is 1. The zero-order valence-electron chi connectivity index (χ0n) is 13.2. The van der Waals surface area contributed by atoms with Crippen molar-refractivity contribution in [2.75, 3.05) is 0 Å². The van der Waals surface area contributed by atoms with E-state index >= 15 is 0 Å². The summed E-state index contributed by atoms with van der Waals surface area (Å²) in [6.45, 7) is 0.604. The highest BCUT2D eigenvalue weighted by atomic mass is 19.1. The summed E-state index contributed by atoms with van der Waals surface area (Å²) in [6.07, 6.45) is 3.13. The van der Waals surface area contributed by atoms with Gasteiger partial charge in [0.15, 0.2) is 0 Å². The lowest BCUT2D eigenvalue weighted by atomic mass is 10.2. The average Bonchev–Trinajstić information content (AvgIpc) is 3.34. The number of nitrogens with one attached hydrogen (secondary N) is 1. The number of amides is 1. The molecular formula is C19H15FN2O3. The van der Waals surface area contributed by atoms with Crippen LogP contribution in [0.2, 0.25) is 0 Å². The van der Waals surface area contributed by atoms with Gasteiger partial charge in [-0.15, -0.1) is 0 Å². The van der Waals surface area contributed by atoms with Crippen LogP contribution in [0.3, 0.4) is 0 Å². The van der Waals surface area contributed by atoms with Gasteiger partial charge in [0.2, 0.25) is 0 Å².